The topological polar surface area (TPSA) is 43.4 Å². The van der Waals surface area contributed by atoms with Crippen LogP contribution in [0.25, 0.3) is 0 Å². The van der Waals surface area contributed by atoms with E-state index in [-0.39, 0.29) is 28.8 Å². The lowest BCUT2D eigenvalue weighted by Crippen LogP contribution is -2.56. The van der Waals surface area contributed by atoms with Crippen LogP contribution < -0.4 is 0 Å². The molecule has 0 radical (unpaired) electrons. The summed E-state index contributed by atoms with van der Waals surface area (Å²) in [5.74, 6) is 1.39. The van der Waals surface area contributed by atoms with Gasteiger partial charge in [0.1, 0.15) is 6.10 Å². The summed E-state index contributed by atoms with van der Waals surface area (Å²) in [6, 6.07) is 0. The lowest BCUT2D eigenvalue weighted by Gasteiger charge is -2.60. The Kier molecular flexibility index (Phi) is 3.99. The number of carbonyl (C=O) groups is 2. The number of esters is 1. The van der Waals surface area contributed by atoms with Crippen LogP contribution in [0, 0.1) is 34.0 Å². The Morgan fingerprint density at radius 1 is 1.04 bits per heavy atom. The number of hydrogen-bond donors (Lipinski definition) is 0. The van der Waals surface area contributed by atoms with E-state index in [1.165, 1.54) is 44.6 Å². The summed E-state index contributed by atoms with van der Waals surface area (Å²) in [6.45, 7) is 10.6. The van der Waals surface area contributed by atoms with Crippen LogP contribution in [0.1, 0.15) is 79.6 Å². The van der Waals surface area contributed by atoms with Gasteiger partial charge in [-0.3, -0.25) is 9.59 Å². The fourth-order valence-electron chi connectivity index (χ4n) is 7.46. The van der Waals surface area contributed by atoms with Crippen molar-refractivity contribution in [2.24, 2.45) is 34.0 Å². The molecule has 0 heterocycles. The molecule has 4 rings (SSSR count). The van der Waals surface area contributed by atoms with Crippen LogP contribution in [0.2, 0.25) is 0 Å². The molecule has 0 N–H and O–H groups in total. The minimum absolute atomic E-state index is 0.0721. The Labute approximate surface area is 157 Å². The summed E-state index contributed by atoms with van der Waals surface area (Å²) in [5, 5.41) is 0. The first-order valence-electron chi connectivity index (χ1n) is 10.5. The molecule has 4 aliphatic carbocycles. The second-order valence-electron chi connectivity index (χ2n) is 10.6. The van der Waals surface area contributed by atoms with Crippen molar-refractivity contribution in [3.05, 3.63) is 11.6 Å². The van der Waals surface area contributed by atoms with E-state index in [9.17, 15) is 9.59 Å². The number of allylic oxidation sites excluding steroid dienone is 1. The molecule has 0 amide bonds. The Balaban J connectivity index is 1.74. The van der Waals surface area contributed by atoms with Gasteiger partial charge in [-0.05, 0) is 67.3 Å². The molecular weight excluding hydrogens is 324 g/mol. The maximum Gasteiger partial charge on any atom is 0.302 e. The zero-order valence-electron chi connectivity index (χ0n) is 17.1. The third kappa shape index (κ3) is 2.38. The van der Waals surface area contributed by atoms with Crippen LogP contribution in [-0.2, 0) is 14.3 Å². The Morgan fingerprint density at radius 2 is 1.77 bits per heavy atom. The van der Waals surface area contributed by atoms with Gasteiger partial charge in [0.2, 0.25) is 0 Å². The van der Waals surface area contributed by atoms with Crippen molar-refractivity contribution in [3.63, 3.8) is 0 Å². The summed E-state index contributed by atoms with van der Waals surface area (Å²) in [4.78, 5) is 24.9. The first kappa shape index (κ1) is 18.3. The second kappa shape index (κ2) is 5.69. The molecule has 0 unspecified atom stereocenters. The highest BCUT2D eigenvalue weighted by Gasteiger charge is 2.61. The normalized spacial score (nSPS) is 46.7. The van der Waals surface area contributed by atoms with Crippen LogP contribution in [-0.4, -0.2) is 17.9 Å². The van der Waals surface area contributed by atoms with E-state index in [0.29, 0.717) is 23.0 Å². The Morgan fingerprint density at radius 3 is 2.46 bits per heavy atom. The number of ether oxygens (including phenoxy) is 1. The molecule has 4 aliphatic rings. The predicted octanol–water partition coefficient (Wildman–Crippen LogP) is 5.09. The molecule has 0 bridgehead atoms. The van der Waals surface area contributed by atoms with Crippen LogP contribution >= 0.6 is 0 Å². The molecule has 0 aromatic rings. The molecule has 0 aromatic heterocycles. The lowest BCUT2D eigenvalue weighted by atomic mass is 9.44. The lowest BCUT2D eigenvalue weighted by molar-refractivity contribution is -0.157. The van der Waals surface area contributed by atoms with Crippen LogP contribution in [0.3, 0.4) is 0 Å². The van der Waals surface area contributed by atoms with Crippen LogP contribution in [0.15, 0.2) is 11.6 Å². The first-order chi connectivity index (χ1) is 12.1. The monoisotopic (exact) mass is 358 g/mol. The van der Waals surface area contributed by atoms with Gasteiger partial charge in [0.05, 0.1) is 0 Å². The predicted molar refractivity (Wildman–Crippen MR) is 101 cm³/mol. The van der Waals surface area contributed by atoms with Gasteiger partial charge in [0.25, 0.3) is 0 Å². The summed E-state index contributed by atoms with van der Waals surface area (Å²) in [6.07, 6.45) is 10.0. The third-order valence-electron chi connectivity index (χ3n) is 8.83. The SMILES string of the molecule is CC(=O)O[C@H]1CC[C@@]2(C)C(=CC(=O)[C@H]3[C@@H]4CCC[C@@]4(C)CC[C@@H]32)C1(C)C. The van der Waals surface area contributed by atoms with E-state index in [0.717, 1.165) is 12.8 Å². The van der Waals surface area contributed by atoms with Crippen molar-refractivity contribution in [1.29, 1.82) is 0 Å². The van der Waals surface area contributed by atoms with Gasteiger partial charge in [0.15, 0.2) is 5.78 Å². The molecule has 26 heavy (non-hydrogen) atoms. The summed E-state index contributed by atoms with van der Waals surface area (Å²) in [7, 11) is 0. The van der Waals surface area contributed by atoms with Crippen molar-refractivity contribution in [3.8, 4) is 0 Å². The first-order valence-corrected chi connectivity index (χ1v) is 10.5. The average Bonchev–Trinajstić information content (AvgIpc) is 2.94. The summed E-state index contributed by atoms with van der Waals surface area (Å²) >= 11 is 0. The van der Waals surface area contributed by atoms with Gasteiger partial charge in [0, 0.05) is 18.3 Å². The molecule has 6 atom stereocenters. The molecule has 0 spiro atoms. The molecule has 0 aliphatic heterocycles. The number of fused-ring (bicyclic) bond motifs is 5. The molecule has 3 fully saturated rings. The quantitative estimate of drug-likeness (QED) is 0.614. The van der Waals surface area contributed by atoms with Gasteiger partial charge in [-0.25, -0.2) is 0 Å². The van der Waals surface area contributed by atoms with Gasteiger partial charge in [-0.15, -0.1) is 0 Å². The van der Waals surface area contributed by atoms with Crippen molar-refractivity contribution < 1.29 is 14.3 Å². The smallest absolute Gasteiger partial charge is 0.302 e. The summed E-state index contributed by atoms with van der Waals surface area (Å²) < 4.78 is 5.67. The molecule has 3 heteroatoms. The Hall–Kier alpha value is -1.12. The summed E-state index contributed by atoms with van der Waals surface area (Å²) in [5.41, 5.74) is 1.43. The zero-order valence-corrected chi connectivity index (χ0v) is 17.1. The molecule has 0 saturated heterocycles. The van der Waals surface area contributed by atoms with E-state index in [1.807, 2.05) is 6.08 Å². The van der Waals surface area contributed by atoms with E-state index in [2.05, 4.69) is 27.7 Å². The zero-order chi connectivity index (χ0) is 18.9. The fraction of sp³-hybridized carbons (Fsp3) is 0.826. The van der Waals surface area contributed by atoms with Crippen molar-refractivity contribution in [2.45, 2.75) is 85.7 Å². The minimum Gasteiger partial charge on any atom is -0.462 e. The third-order valence-corrected chi connectivity index (χ3v) is 8.83. The largest absolute Gasteiger partial charge is 0.462 e. The Bertz CT molecular complexity index is 675. The minimum atomic E-state index is -0.268. The van der Waals surface area contributed by atoms with Crippen molar-refractivity contribution in [2.75, 3.05) is 0 Å². The highest BCUT2D eigenvalue weighted by Crippen LogP contribution is 2.66. The van der Waals surface area contributed by atoms with Crippen LogP contribution in [0.5, 0.6) is 0 Å². The highest BCUT2D eigenvalue weighted by molar-refractivity contribution is 5.95. The van der Waals surface area contributed by atoms with E-state index >= 15 is 0 Å². The maximum atomic E-state index is 13.3. The van der Waals surface area contributed by atoms with Gasteiger partial charge < -0.3 is 4.74 Å². The fourth-order valence-corrected chi connectivity index (χ4v) is 7.46. The van der Waals surface area contributed by atoms with Gasteiger partial charge >= 0.3 is 5.97 Å². The van der Waals surface area contributed by atoms with E-state index < -0.39 is 0 Å². The number of ketones is 1. The van der Waals surface area contributed by atoms with E-state index in [1.54, 1.807) is 0 Å². The van der Waals surface area contributed by atoms with Crippen LogP contribution in [0.4, 0.5) is 0 Å². The average molecular weight is 359 g/mol. The molecule has 144 valence electrons. The molecule has 3 saturated carbocycles. The van der Waals surface area contributed by atoms with Crippen molar-refractivity contribution in [1.82, 2.24) is 0 Å². The second-order valence-corrected chi connectivity index (χ2v) is 10.6. The maximum absolute atomic E-state index is 13.3. The molecule has 3 nitrogen and oxygen atoms in total. The van der Waals surface area contributed by atoms with E-state index in [4.69, 9.17) is 4.74 Å². The standard InChI is InChI=1S/C23H34O3/c1-14(24)26-19-9-12-23(5)16-8-11-22(4)10-6-7-15(22)20(16)17(25)13-18(23)21(19,2)3/h13,15-16,19-20H,6-12H2,1-5H3/t15-,16-,19-,20-,22-,23+/m0/s1. The number of carbonyl (C=O) groups excluding carboxylic acids is 2. The molecular formula is C23H34O3. The molecule has 0 aromatic carbocycles. The number of rotatable bonds is 1. The van der Waals surface area contributed by atoms with Gasteiger partial charge in [-0.2, -0.15) is 0 Å². The van der Waals surface area contributed by atoms with Crippen molar-refractivity contribution >= 4 is 11.8 Å². The van der Waals surface area contributed by atoms with Gasteiger partial charge in [-0.1, -0.05) is 39.7 Å². The number of hydrogen-bond acceptors (Lipinski definition) is 3. The highest BCUT2D eigenvalue weighted by atomic mass is 16.5.